The second-order valence-electron chi connectivity index (χ2n) is 4.30. The van der Waals surface area contributed by atoms with Crippen molar-refractivity contribution >= 4 is 11.2 Å². The lowest BCUT2D eigenvalue weighted by Gasteiger charge is -2.17. The lowest BCUT2D eigenvalue weighted by molar-refractivity contribution is -0.0524. The molecule has 0 amide bonds. The van der Waals surface area contributed by atoms with Gasteiger partial charge in [-0.05, 0) is 6.07 Å². The third-order valence-corrected chi connectivity index (χ3v) is 3.18. The van der Waals surface area contributed by atoms with Crippen LogP contribution in [0.4, 0.5) is 0 Å². The van der Waals surface area contributed by atoms with Gasteiger partial charge in [0.2, 0.25) is 0 Å². The SMILES string of the molecule is O=c1ccc2n[nH]nc2n1[C@H]1O[C@H](CO)[C@H](O)[C@@H]1O. The maximum atomic E-state index is 11.9. The third-order valence-electron chi connectivity index (χ3n) is 3.18. The van der Waals surface area contributed by atoms with Gasteiger partial charge in [0.25, 0.3) is 5.56 Å². The molecule has 9 nitrogen and oxygen atoms in total. The largest absolute Gasteiger partial charge is 0.394 e. The molecule has 1 fully saturated rings. The zero-order valence-corrected chi connectivity index (χ0v) is 9.67. The molecular formula is C10H12N4O5. The van der Waals surface area contributed by atoms with Gasteiger partial charge in [0.1, 0.15) is 23.8 Å². The summed E-state index contributed by atoms with van der Waals surface area (Å²) in [4.78, 5) is 11.9. The number of pyridine rings is 1. The number of ether oxygens (including phenoxy) is 1. The van der Waals surface area contributed by atoms with Crippen LogP contribution in [0.1, 0.15) is 6.23 Å². The number of nitrogens with zero attached hydrogens (tertiary/aromatic N) is 3. The number of hydrogen-bond donors (Lipinski definition) is 4. The highest BCUT2D eigenvalue weighted by Gasteiger charge is 2.44. The van der Waals surface area contributed by atoms with Crippen LogP contribution in [0.2, 0.25) is 0 Å². The summed E-state index contributed by atoms with van der Waals surface area (Å²) in [7, 11) is 0. The number of aliphatic hydroxyl groups is 3. The smallest absolute Gasteiger partial charge is 0.254 e. The van der Waals surface area contributed by atoms with E-state index < -0.39 is 36.7 Å². The van der Waals surface area contributed by atoms with Crippen LogP contribution in [0.5, 0.6) is 0 Å². The minimum Gasteiger partial charge on any atom is -0.394 e. The summed E-state index contributed by atoms with van der Waals surface area (Å²) in [6.45, 7) is -0.460. The Balaban J connectivity index is 2.12. The summed E-state index contributed by atoms with van der Waals surface area (Å²) in [6, 6.07) is 2.75. The Labute approximate surface area is 106 Å². The number of aliphatic hydroxyl groups excluding tert-OH is 3. The molecule has 0 aromatic carbocycles. The first-order valence-corrected chi connectivity index (χ1v) is 5.68. The highest BCUT2D eigenvalue weighted by molar-refractivity contribution is 5.69. The molecule has 2 aromatic rings. The van der Waals surface area contributed by atoms with E-state index in [9.17, 15) is 15.0 Å². The molecule has 4 N–H and O–H groups in total. The van der Waals surface area contributed by atoms with Gasteiger partial charge in [-0.15, -0.1) is 5.10 Å². The van der Waals surface area contributed by atoms with E-state index in [1.54, 1.807) is 0 Å². The first-order chi connectivity index (χ1) is 9.13. The van der Waals surface area contributed by atoms with Crippen LogP contribution in [0.15, 0.2) is 16.9 Å². The molecule has 9 heteroatoms. The lowest BCUT2D eigenvalue weighted by Crippen LogP contribution is -2.35. The van der Waals surface area contributed by atoms with E-state index in [-0.39, 0.29) is 5.65 Å². The van der Waals surface area contributed by atoms with Gasteiger partial charge < -0.3 is 20.1 Å². The number of nitrogens with one attached hydrogen (secondary N) is 1. The van der Waals surface area contributed by atoms with Gasteiger partial charge in [-0.1, -0.05) is 0 Å². The summed E-state index contributed by atoms with van der Waals surface area (Å²) in [5, 5.41) is 38.7. The Morgan fingerprint density at radius 2 is 2.11 bits per heavy atom. The van der Waals surface area contributed by atoms with E-state index in [0.717, 1.165) is 4.57 Å². The molecule has 4 atom stereocenters. The van der Waals surface area contributed by atoms with Gasteiger partial charge in [-0.3, -0.25) is 9.36 Å². The predicted octanol–water partition coefficient (Wildman–Crippen LogP) is -2.27. The summed E-state index contributed by atoms with van der Waals surface area (Å²) < 4.78 is 6.41. The molecular weight excluding hydrogens is 256 g/mol. The van der Waals surface area contributed by atoms with E-state index >= 15 is 0 Å². The summed E-state index contributed by atoms with van der Waals surface area (Å²) in [5.41, 5.74) is 0.191. The van der Waals surface area contributed by atoms with E-state index in [2.05, 4.69) is 15.4 Å². The Hall–Kier alpha value is -1.81. The van der Waals surface area contributed by atoms with E-state index in [1.165, 1.54) is 12.1 Å². The molecule has 0 bridgehead atoms. The highest BCUT2D eigenvalue weighted by Crippen LogP contribution is 2.29. The van der Waals surface area contributed by atoms with Crippen molar-refractivity contribution in [2.45, 2.75) is 24.5 Å². The van der Waals surface area contributed by atoms with Crippen LogP contribution >= 0.6 is 0 Å². The molecule has 0 saturated carbocycles. The Bertz CT molecular complexity index is 653. The van der Waals surface area contributed by atoms with Crippen LogP contribution in [0.25, 0.3) is 11.2 Å². The summed E-state index contributed by atoms with van der Waals surface area (Å²) in [5.74, 6) is 0. The Kier molecular flexibility index (Phi) is 2.82. The third kappa shape index (κ3) is 1.75. The molecule has 0 radical (unpaired) electrons. The molecule has 1 aliphatic heterocycles. The summed E-state index contributed by atoms with van der Waals surface area (Å²) in [6.07, 6.45) is -4.68. The number of H-pyrrole nitrogens is 1. The number of fused-ring (bicyclic) bond motifs is 1. The van der Waals surface area contributed by atoms with Crippen molar-refractivity contribution in [3.63, 3.8) is 0 Å². The van der Waals surface area contributed by atoms with Gasteiger partial charge in [0.15, 0.2) is 11.9 Å². The van der Waals surface area contributed by atoms with Crippen LogP contribution < -0.4 is 5.56 Å². The van der Waals surface area contributed by atoms with Crippen LogP contribution in [0.3, 0.4) is 0 Å². The normalized spacial score (nSPS) is 31.1. The fourth-order valence-corrected chi connectivity index (χ4v) is 2.20. The Morgan fingerprint density at radius 1 is 1.32 bits per heavy atom. The van der Waals surface area contributed by atoms with E-state index in [1.807, 2.05) is 0 Å². The van der Waals surface area contributed by atoms with Gasteiger partial charge in [-0.25, -0.2) is 0 Å². The maximum Gasteiger partial charge on any atom is 0.254 e. The topological polar surface area (TPSA) is 133 Å². The molecule has 1 aliphatic rings. The number of rotatable bonds is 2. The van der Waals surface area contributed by atoms with Crippen molar-refractivity contribution in [1.29, 1.82) is 0 Å². The fraction of sp³-hybridized carbons (Fsp3) is 0.500. The van der Waals surface area contributed by atoms with E-state index in [4.69, 9.17) is 9.84 Å². The number of aromatic nitrogens is 4. The van der Waals surface area contributed by atoms with Gasteiger partial charge in [-0.2, -0.15) is 10.3 Å². The standard InChI is InChI=1S/C10H12N4O5/c15-3-5-7(17)8(18)10(19-5)14-6(16)2-1-4-9(14)12-13-11-4/h1-2,5,7-8,10,15,17-18H,3H2,(H,11,12,13)/t5-,7+,8+,10+/m1/s1. The molecule has 19 heavy (non-hydrogen) atoms. The van der Waals surface area contributed by atoms with Crippen molar-refractivity contribution in [2.75, 3.05) is 6.61 Å². The zero-order chi connectivity index (χ0) is 13.6. The first kappa shape index (κ1) is 12.2. The quantitative estimate of drug-likeness (QED) is 0.482. The van der Waals surface area contributed by atoms with E-state index in [0.29, 0.717) is 5.52 Å². The van der Waals surface area contributed by atoms with Crippen molar-refractivity contribution in [3.8, 4) is 0 Å². The minimum absolute atomic E-state index is 0.210. The molecule has 3 rings (SSSR count). The number of aromatic amines is 1. The van der Waals surface area contributed by atoms with Crippen LogP contribution in [-0.4, -0.2) is 60.2 Å². The van der Waals surface area contributed by atoms with Crippen molar-refractivity contribution in [3.05, 3.63) is 22.5 Å². The van der Waals surface area contributed by atoms with Crippen LogP contribution in [-0.2, 0) is 4.74 Å². The van der Waals surface area contributed by atoms with Gasteiger partial charge in [0, 0.05) is 6.07 Å². The van der Waals surface area contributed by atoms with Crippen molar-refractivity contribution in [2.24, 2.45) is 0 Å². The molecule has 102 valence electrons. The highest BCUT2D eigenvalue weighted by atomic mass is 16.6. The fourth-order valence-electron chi connectivity index (χ4n) is 2.20. The molecule has 2 aromatic heterocycles. The molecule has 3 heterocycles. The molecule has 1 saturated heterocycles. The Morgan fingerprint density at radius 3 is 2.79 bits per heavy atom. The number of hydrogen-bond acceptors (Lipinski definition) is 7. The zero-order valence-electron chi connectivity index (χ0n) is 9.67. The molecule has 0 spiro atoms. The average Bonchev–Trinajstić information content (AvgIpc) is 2.97. The second-order valence-corrected chi connectivity index (χ2v) is 4.30. The predicted molar refractivity (Wildman–Crippen MR) is 61.2 cm³/mol. The lowest BCUT2D eigenvalue weighted by atomic mass is 10.1. The van der Waals surface area contributed by atoms with Crippen molar-refractivity contribution in [1.82, 2.24) is 20.0 Å². The second kappa shape index (κ2) is 4.38. The van der Waals surface area contributed by atoms with Gasteiger partial charge in [0.05, 0.1) is 6.61 Å². The van der Waals surface area contributed by atoms with Crippen molar-refractivity contribution < 1.29 is 20.1 Å². The maximum absolute atomic E-state index is 11.9. The molecule has 0 aliphatic carbocycles. The molecule has 0 unspecified atom stereocenters. The van der Waals surface area contributed by atoms with Crippen LogP contribution in [0, 0.1) is 0 Å². The van der Waals surface area contributed by atoms with Gasteiger partial charge >= 0.3 is 0 Å². The first-order valence-electron chi connectivity index (χ1n) is 5.68. The minimum atomic E-state index is -1.34. The summed E-state index contributed by atoms with van der Waals surface area (Å²) >= 11 is 0. The monoisotopic (exact) mass is 268 g/mol. The average molecular weight is 268 g/mol.